The van der Waals surface area contributed by atoms with E-state index >= 15 is 0 Å². The van der Waals surface area contributed by atoms with E-state index in [1.54, 1.807) is 24.8 Å². The van der Waals surface area contributed by atoms with Gasteiger partial charge in [-0.25, -0.2) is 4.98 Å². The number of aromatic nitrogens is 3. The van der Waals surface area contributed by atoms with Crippen molar-refractivity contribution in [3.8, 4) is 11.6 Å². The number of hydrogen-bond acceptors (Lipinski definition) is 6. The van der Waals surface area contributed by atoms with Crippen LogP contribution in [0.25, 0.3) is 0 Å². The quantitative estimate of drug-likeness (QED) is 0.808. The number of pyridine rings is 1. The Morgan fingerprint density at radius 3 is 2.59 bits per heavy atom. The van der Waals surface area contributed by atoms with Gasteiger partial charge >= 0.3 is 0 Å². The van der Waals surface area contributed by atoms with E-state index in [4.69, 9.17) is 4.74 Å². The van der Waals surface area contributed by atoms with Crippen molar-refractivity contribution in [2.45, 2.75) is 31.6 Å². The van der Waals surface area contributed by atoms with Gasteiger partial charge in [0.15, 0.2) is 0 Å². The van der Waals surface area contributed by atoms with Crippen LogP contribution in [0.15, 0.2) is 36.9 Å². The van der Waals surface area contributed by atoms with E-state index in [1.165, 1.54) is 0 Å². The van der Waals surface area contributed by atoms with Gasteiger partial charge < -0.3 is 9.64 Å². The second-order valence-electron chi connectivity index (χ2n) is 7.18. The van der Waals surface area contributed by atoms with Crippen LogP contribution in [-0.4, -0.2) is 63.4 Å². The summed E-state index contributed by atoms with van der Waals surface area (Å²) in [6, 6.07) is 3.69. The fourth-order valence-electron chi connectivity index (χ4n) is 3.84. The van der Waals surface area contributed by atoms with E-state index in [-0.39, 0.29) is 5.91 Å². The van der Waals surface area contributed by atoms with Crippen molar-refractivity contribution in [3.05, 3.63) is 42.6 Å². The first-order valence-electron chi connectivity index (χ1n) is 9.68. The molecule has 0 aromatic carbocycles. The van der Waals surface area contributed by atoms with Crippen LogP contribution in [-0.2, 0) is 4.79 Å². The van der Waals surface area contributed by atoms with Crippen molar-refractivity contribution in [1.82, 2.24) is 24.8 Å². The minimum atomic E-state index is 0.269. The number of nitrogens with zero attached hydrogens (tertiary/aromatic N) is 5. The molecule has 2 aliphatic rings. The molecule has 0 N–H and O–H groups in total. The largest absolute Gasteiger partial charge is 0.436 e. The maximum Gasteiger partial charge on any atom is 0.241 e. The molecule has 0 unspecified atom stereocenters. The highest BCUT2D eigenvalue weighted by molar-refractivity contribution is 5.78. The number of rotatable bonds is 5. The number of piperidine rings is 1. The lowest BCUT2D eigenvalue weighted by Crippen LogP contribution is -2.42. The van der Waals surface area contributed by atoms with Gasteiger partial charge in [0.2, 0.25) is 11.8 Å². The molecule has 0 radical (unpaired) electrons. The predicted octanol–water partition coefficient (Wildman–Crippen LogP) is 2.47. The van der Waals surface area contributed by atoms with Gasteiger partial charge in [-0.05, 0) is 50.9 Å². The average Bonchev–Trinajstić information content (AvgIpc) is 3.25. The summed E-state index contributed by atoms with van der Waals surface area (Å²) in [5.74, 6) is 1.78. The van der Waals surface area contributed by atoms with Crippen molar-refractivity contribution in [2.75, 3.05) is 32.7 Å². The van der Waals surface area contributed by atoms with Crippen LogP contribution in [0.1, 0.15) is 37.3 Å². The molecule has 0 aliphatic carbocycles. The number of likely N-dealkylation sites (tertiary alicyclic amines) is 2. The second-order valence-corrected chi connectivity index (χ2v) is 7.18. The van der Waals surface area contributed by atoms with E-state index in [0.29, 0.717) is 24.1 Å². The van der Waals surface area contributed by atoms with E-state index in [9.17, 15) is 4.79 Å². The average molecular weight is 367 g/mol. The van der Waals surface area contributed by atoms with Gasteiger partial charge in [0.05, 0.1) is 12.7 Å². The highest BCUT2D eigenvalue weighted by atomic mass is 16.5. The lowest BCUT2D eigenvalue weighted by Gasteiger charge is -2.32. The SMILES string of the molecule is O=C(CN1CCC(c2nccnc2Oc2cccnc2)CC1)N1CCCC1. The molecule has 4 heterocycles. The lowest BCUT2D eigenvalue weighted by molar-refractivity contribution is -0.131. The number of hydrogen-bond donors (Lipinski definition) is 0. The van der Waals surface area contributed by atoms with Gasteiger partial charge in [0, 0.05) is 37.6 Å². The minimum absolute atomic E-state index is 0.269. The summed E-state index contributed by atoms with van der Waals surface area (Å²) < 4.78 is 5.91. The first-order chi connectivity index (χ1) is 13.3. The number of amides is 1. The fourth-order valence-corrected chi connectivity index (χ4v) is 3.84. The van der Waals surface area contributed by atoms with Crippen LogP contribution in [0.5, 0.6) is 11.6 Å². The predicted molar refractivity (Wildman–Crippen MR) is 101 cm³/mol. The Morgan fingerprint density at radius 1 is 1.07 bits per heavy atom. The molecule has 0 atom stereocenters. The lowest BCUT2D eigenvalue weighted by atomic mass is 9.93. The van der Waals surface area contributed by atoms with Crippen LogP contribution >= 0.6 is 0 Å². The molecule has 142 valence electrons. The standard InChI is InChI=1S/C20H25N5O2/c26-18(25-10-1-2-11-25)15-24-12-5-16(6-13-24)19-20(23-9-8-22-19)27-17-4-3-7-21-14-17/h3-4,7-9,14,16H,1-2,5-6,10-13,15H2. The van der Waals surface area contributed by atoms with Crippen molar-refractivity contribution >= 4 is 5.91 Å². The van der Waals surface area contributed by atoms with Crippen LogP contribution in [0.3, 0.4) is 0 Å². The van der Waals surface area contributed by atoms with Gasteiger partial charge in [0.25, 0.3) is 0 Å². The smallest absolute Gasteiger partial charge is 0.241 e. The molecule has 7 nitrogen and oxygen atoms in total. The summed E-state index contributed by atoms with van der Waals surface area (Å²) in [7, 11) is 0. The minimum Gasteiger partial charge on any atom is -0.436 e. The Bertz CT molecular complexity index is 756. The normalized spacial score (nSPS) is 18.6. The molecule has 2 fully saturated rings. The summed E-state index contributed by atoms with van der Waals surface area (Å²) in [4.78, 5) is 29.6. The zero-order chi connectivity index (χ0) is 18.5. The summed E-state index contributed by atoms with van der Waals surface area (Å²) in [6.07, 6.45) is 10.9. The maximum atomic E-state index is 12.4. The van der Waals surface area contributed by atoms with E-state index in [0.717, 1.165) is 57.6 Å². The van der Waals surface area contributed by atoms with Gasteiger partial charge in [-0.1, -0.05) is 0 Å². The molecule has 27 heavy (non-hydrogen) atoms. The number of carbonyl (C=O) groups is 1. The number of carbonyl (C=O) groups excluding carboxylic acids is 1. The third kappa shape index (κ3) is 4.42. The molecular weight excluding hydrogens is 342 g/mol. The Hall–Kier alpha value is -2.54. The van der Waals surface area contributed by atoms with Crippen LogP contribution in [0.2, 0.25) is 0 Å². The molecule has 2 saturated heterocycles. The van der Waals surface area contributed by atoms with Gasteiger partial charge in [-0.3, -0.25) is 19.7 Å². The molecule has 1 amide bonds. The highest BCUT2D eigenvalue weighted by Gasteiger charge is 2.27. The van der Waals surface area contributed by atoms with Gasteiger partial charge in [-0.2, -0.15) is 0 Å². The fraction of sp³-hybridized carbons (Fsp3) is 0.500. The molecule has 0 saturated carbocycles. The Morgan fingerprint density at radius 2 is 1.85 bits per heavy atom. The highest BCUT2D eigenvalue weighted by Crippen LogP contribution is 2.33. The molecular formula is C20H25N5O2. The van der Waals surface area contributed by atoms with Crippen LogP contribution < -0.4 is 4.74 Å². The van der Waals surface area contributed by atoms with Gasteiger partial charge in [-0.15, -0.1) is 0 Å². The zero-order valence-corrected chi connectivity index (χ0v) is 15.5. The maximum absolute atomic E-state index is 12.4. The van der Waals surface area contributed by atoms with Crippen LogP contribution in [0, 0.1) is 0 Å². The van der Waals surface area contributed by atoms with E-state index in [2.05, 4.69) is 19.9 Å². The summed E-state index contributed by atoms with van der Waals surface area (Å²) >= 11 is 0. The first-order valence-corrected chi connectivity index (χ1v) is 9.68. The topological polar surface area (TPSA) is 71.5 Å². The second kappa shape index (κ2) is 8.43. The monoisotopic (exact) mass is 367 g/mol. The Balaban J connectivity index is 1.36. The molecule has 7 heteroatoms. The molecule has 2 aromatic heterocycles. The third-order valence-corrected chi connectivity index (χ3v) is 5.33. The molecule has 4 rings (SSSR count). The zero-order valence-electron chi connectivity index (χ0n) is 15.5. The Kier molecular flexibility index (Phi) is 5.58. The summed E-state index contributed by atoms with van der Waals surface area (Å²) in [5.41, 5.74) is 0.895. The molecule has 0 spiro atoms. The Labute approximate surface area is 159 Å². The van der Waals surface area contributed by atoms with E-state index in [1.807, 2.05) is 17.0 Å². The summed E-state index contributed by atoms with van der Waals surface area (Å²) in [6.45, 7) is 4.17. The van der Waals surface area contributed by atoms with Crippen molar-refractivity contribution in [1.29, 1.82) is 0 Å². The van der Waals surface area contributed by atoms with Crippen molar-refractivity contribution < 1.29 is 9.53 Å². The molecule has 2 aliphatic heterocycles. The first kappa shape index (κ1) is 17.9. The summed E-state index contributed by atoms with van der Waals surface area (Å²) in [5, 5.41) is 0. The van der Waals surface area contributed by atoms with Crippen LogP contribution in [0.4, 0.5) is 0 Å². The van der Waals surface area contributed by atoms with Crippen molar-refractivity contribution in [3.63, 3.8) is 0 Å². The third-order valence-electron chi connectivity index (χ3n) is 5.33. The van der Waals surface area contributed by atoms with Crippen molar-refractivity contribution in [2.24, 2.45) is 0 Å². The number of ether oxygens (including phenoxy) is 1. The van der Waals surface area contributed by atoms with E-state index < -0.39 is 0 Å². The molecule has 0 bridgehead atoms. The molecule has 2 aromatic rings. The van der Waals surface area contributed by atoms with Gasteiger partial charge in [0.1, 0.15) is 11.4 Å².